The lowest BCUT2D eigenvalue weighted by molar-refractivity contribution is 0.0349. The molecule has 6 atom stereocenters. The van der Waals surface area contributed by atoms with E-state index in [1.54, 1.807) is 12.8 Å². The molecule has 3 aliphatic rings. The second-order valence-corrected chi connectivity index (χ2v) is 9.56. The summed E-state index contributed by atoms with van der Waals surface area (Å²) in [6.45, 7) is 4.87. The van der Waals surface area contributed by atoms with Gasteiger partial charge in [0, 0.05) is 0 Å². The molecule has 0 aliphatic heterocycles. The molecule has 0 nitrogen and oxygen atoms in total. The number of unbranched alkanes of at least 4 members (excludes halogenated alkanes) is 1. The van der Waals surface area contributed by atoms with Gasteiger partial charge in [0.05, 0.1) is 0 Å². The second kappa shape index (κ2) is 10.2. The van der Waals surface area contributed by atoms with Crippen LogP contribution in [0.2, 0.25) is 0 Å². The first-order valence-electron chi connectivity index (χ1n) is 12.0. The maximum Gasteiger partial charge on any atom is -0.0202 e. The van der Waals surface area contributed by atoms with Crippen molar-refractivity contribution in [1.82, 2.24) is 0 Å². The van der Waals surface area contributed by atoms with Crippen LogP contribution in [0.15, 0.2) is 12.2 Å². The van der Waals surface area contributed by atoms with Gasteiger partial charge in [0.1, 0.15) is 0 Å². The minimum Gasteiger partial charge on any atom is -0.0882 e. The van der Waals surface area contributed by atoms with Gasteiger partial charge in [0.15, 0.2) is 0 Å². The van der Waals surface area contributed by atoms with Crippen molar-refractivity contribution in [3.05, 3.63) is 12.2 Å². The van der Waals surface area contributed by atoms with E-state index in [4.69, 9.17) is 0 Å². The summed E-state index contributed by atoms with van der Waals surface area (Å²) in [6, 6.07) is 0. The summed E-state index contributed by atoms with van der Waals surface area (Å²) in [5.41, 5.74) is 0. The van der Waals surface area contributed by atoms with Crippen LogP contribution in [0.4, 0.5) is 0 Å². The van der Waals surface area contributed by atoms with Crippen LogP contribution in [0.25, 0.3) is 0 Å². The van der Waals surface area contributed by atoms with Crippen LogP contribution >= 0.6 is 0 Å². The number of rotatable bonds is 7. The summed E-state index contributed by atoms with van der Waals surface area (Å²) in [6.07, 6.45) is 27.5. The Bertz CT molecular complexity index is 395. The second-order valence-electron chi connectivity index (χ2n) is 9.56. The number of allylic oxidation sites excluding steroid dienone is 2. The van der Waals surface area contributed by atoms with Gasteiger partial charge in [-0.15, -0.1) is 0 Å². The van der Waals surface area contributed by atoms with E-state index in [1.165, 1.54) is 83.5 Å². The summed E-state index contributed by atoms with van der Waals surface area (Å²) < 4.78 is 0. The molecule has 144 valence electrons. The van der Waals surface area contributed by atoms with Crippen LogP contribution in [0, 0.1) is 35.5 Å². The van der Waals surface area contributed by atoms with Gasteiger partial charge in [0.25, 0.3) is 0 Å². The minimum atomic E-state index is 0.923. The molecule has 3 aliphatic carbocycles. The molecule has 0 spiro atoms. The van der Waals surface area contributed by atoms with Crippen LogP contribution < -0.4 is 0 Å². The highest BCUT2D eigenvalue weighted by Gasteiger charge is 2.41. The number of hydrogen-bond donors (Lipinski definition) is 0. The van der Waals surface area contributed by atoms with E-state index in [-0.39, 0.29) is 0 Å². The standard InChI is InChI=1S/C25H44/c1-3-5-16-24(22-17-10-9-13-20(22)4-2)25-19-12-11-18-23(25)21-14-7-6-8-15-21/h7,14,20-25H,3-6,8-13,15-19H2,1-2H3. The Hall–Kier alpha value is -0.260. The molecule has 0 bridgehead atoms. The summed E-state index contributed by atoms with van der Waals surface area (Å²) in [4.78, 5) is 0. The van der Waals surface area contributed by atoms with E-state index < -0.39 is 0 Å². The first kappa shape index (κ1) is 19.5. The zero-order chi connectivity index (χ0) is 17.5. The monoisotopic (exact) mass is 344 g/mol. The first-order valence-corrected chi connectivity index (χ1v) is 12.0. The SMILES string of the molecule is CCCCC(C1CCCCC1CC)C1CCCCC1C1C=CCCC1. The van der Waals surface area contributed by atoms with Gasteiger partial charge in [-0.3, -0.25) is 0 Å². The summed E-state index contributed by atoms with van der Waals surface area (Å²) in [5, 5.41) is 0. The average Bonchev–Trinajstić information content (AvgIpc) is 2.69. The van der Waals surface area contributed by atoms with Gasteiger partial charge in [-0.25, -0.2) is 0 Å². The molecule has 2 saturated carbocycles. The van der Waals surface area contributed by atoms with Crippen LogP contribution in [0.3, 0.4) is 0 Å². The average molecular weight is 345 g/mol. The van der Waals surface area contributed by atoms with Gasteiger partial charge in [0.2, 0.25) is 0 Å². The van der Waals surface area contributed by atoms with Crippen molar-refractivity contribution in [2.45, 2.75) is 110 Å². The first-order chi connectivity index (χ1) is 12.3. The van der Waals surface area contributed by atoms with Gasteiger partial charge in [-0.05, 0) is 80.5 Å². The zero-order valence-corrected chi connectivity index (χ0v) is 17.2. The Morgan fingerprint density at radius 1 is 0.840 bits per heavy atom. The molecule has 0 aromatic heterocycles. The van der Waals surface area contributed by atoms with Crippen LogP contribution in [0.1, 0.15) is 110 Å². The lowest BCUT2D eigenvalue weighted by Gasteiger charge is -2.47. The van der Waals surface area contributed by atoms with Crippen molar-refractivity contribution in [2.75, 3.05) is 0 Å². The predicted octanol–water partition coefficient (Wildman–Crippen LogP) is 8.17. The van der Waals surface area contributed by atoms with Crippen molar-refractivity contribution in [3.63, 3.8) is 0 Å². The zero-order valence-electron chi connectivity index (χ0n) is 17.2. The van der Waals surface area contributed by atoms with E-state index >= 15 is 0 Å². The fourth-order valence-corrected chi connectivity index (χ4v) is 6.94. The van der Waals surface area contributed by atoms with Gasteiger partial charge < -0.3 is 0 Å². The molecule has 3 rings (SSSR count). The normalized spacial score (nSPS) is 37.8. The van der Waals surface area contributed by atoms with Crippen LogP contribution in [0.5, 0.6) is 0 Å². The maximum atomic E-state index is 2.64. The van der Waals surface area contributed by atoms with Crippen molar-refractivity contribution in [1.29, 1.82) is 0 Å². The van der Waals surface area contributed by atoms with Gasteiger partial charge in [-0.1, -0.05) is 77.4 Å². The van der Waals surface area contributed by atoms with Crippen LogP contribution in [-0.2, 0) is 0 Å². The quantitative estimate of drug-likeness (QED) is 0.408. The van der Waals surface area contributed by atoms with Crippen molar-refractivity contribution in [3.8, 4) is 0 Å². The Kier molecular flexibility index (Phi) is 7.93. The molecule has 0 heteroatoms. The Balaban J connectivity index is 1.78. The van der Waals surface area contributed by atoms with E-state index in [1.807, 2.05) is 0 Å². The van der Waals surface area contributed by atoms with Crippen molar-refractivity contribution >= 4 is 0 Å². The minimum absolute atomic E-state index is 0.923. The highest BCUT2D eigenvalue weighted by atomic mass is 14.5. The fraction of sp³-hybridized carbons (Fsp3) is 0.920. The van der Waals surface area contributed by atoms with Crippen molar-refractivity contribution in [2.24, 2.45) is 35.5 Å². The van der Waals surface area contributed by atoms with Crippen LogP contribution in [-0.4, -0.2) is 0 Å². The molecular weight excluding hydrogens is 300 g/mol. The third-order valence-corrected chi connectivity index (χ3v) is 8.20. The van der Waals surface area contributed by atoms with Gasteiger partial charge in [-0.2, -0.15) is 0 Å². The number of hydrogen-bond acceptors (Lipinski definition) is 0. The summed E-state index contributed by atoms with van der Waals surface area (Å²) in [7, 11) is 0. The van der Waals surface area contributed by atoms with E-state index in [2.05, 4.69) is 26.0 Å². The largest absolute Gasteiger partial charge is 0.0882 e. The van der Waals surface area contributed by atoms with Crippen molar-refractivity contribution < 1.29 is 0 Å². The Labute approximate surface area is 158 Å². The maximum absolute atomic E-state index is 2.64. The van der Waals surface area contributed by atoms with E-state index in [0.29, 0.717) is 0 Å². The Morgan fingerprint density at radius 3 is 2.32 bits per heavy atom. The highest BCUT2D eigenvalue weighted by Crippen LogP contribution is 2.50. The third kappa shape index (κ3) is 4.92. The lowest BCUT2D eigenvalue weighted by atomic mass is 9.58. The highest BCUT2D eigenvalue weighted by molar-refractivity contribution is 5.00. The van der Waals surface area contributed by atoms with E-state index in [9.17, 15) is 0 Å². The molecule has 0 aromatic carbocycles. The predicted molar refractivity (Wildman–Crippen MR) is 111 cm³/mol. The molecule has 0 N–H and O–H groups in total. The topological polar surface area (TPSA) is 0 Å². The molecule has 0 amide bonds. The van der Waals surface area contributed by atoms with Gasteiger partial charge >= 0.3 is 0 Å². The molecule has 25 heavy (non-hydrogen) atoms. The summed E-state index contributed by atoms with van der Waals surface area (Å²) >= 11 is 0. The Morgan fingerprint density at radius 2 is 1.60 bits per heavy atom. The molecule has 2 fully saturated rings. The molecular formula is C25H44. The molecule has 6 unspecified atom stereocenters. The smallest absolute Gasteiger partial charge is 0.0202 e. The molecule has 0 radical (unpaired) electrons. The molecule has 0 aromatic rings. The molecule has 0 saturated heterocycles. The van der Waals surface area contributed by atoms with E-state index in [0.717, 1.165) is 35.5 Å². The third-order valence-electron chi connectivity index (χ3n) is 8.20. The molecule has 0 heterocycles. The fourth-order valence-electron chi connectivity index (χ4n) is 6.94. The summed E-state index contributed by atoms with van der Waals surface area (Å²) in [5.74, 6) is 6.14. The lowest BCUT2D eigenvalue weighted by Crippen LogP contribution is -2.38.